The number of rotatable bonds is 8. The summed E-state index contributed by atoms with van der Waals surface area (Å²) in [5, 5.41) is 5.22. The predicted octanol–water partition coefficient (Wildman–Crippen LogP) is 5.46. The van der Waals surface area contributed by atoms with Gasteiger partial charge in [0.1, 0.15) is 17.2 Å². The zero-order chi connectivity index (χ0) is 25.6. The van der Waals surface area contributed by atoms with Crippen molar-refractivity contribution >= 4 is 29.5 Å². The molecule has 0 fully saturated rings. The van der Waals surface area contributed by atoms with Crippen LogP contribution in [0.15, 0.2) is 64.7 Å². The molecule has 2 N–H and O–H groups in total. The van der Waals surface area contributed by atoms with Crippen LogP contribution in [0.4, 0.5) is 13.2 Å². The Morgan fingerprint density at radius 2 is 1.80 bits per heavy atom. The molecule has 35 heavy (non-hydrogen) atoms. The summed E-state index contributed by atoms with van der Waals surface area (Å²) in [5.74, 6) is -0.936. The first-order valence-electron chi connectivity index (χ1n) is 10.4. The van der Waals surface area contributed by atoms with Crippen molar-refractivity contribution in [1.82, 2.24) is 10.6 Å². The number of furan rings is 1. The average molecular weight is 507 g/mol. The topological polar surface area (TPSA) is 80.6 Å². The van der Waals surface area contributed by atoms with E-state index in [2.05, 4.69) is 10.6 Å². The molecule has 0 radical (unpaired) electrons. The van der Waals surface area contributed by atoms with Crippen molar-refractivity contribution in [2.75, 3.05) is 20.3 Å². The lowest BCUT2D eigenvalue weighted by atomic mass is 10.1. The molecule has 10 heteroatoms. The van der Waals surface area contributed by atoms with Crippen LogP contribution >= 0.6 is 11.6 Å². The highest BCUT2D eigenvalue weighted by Gasteiger charge is 2.31. The van der Waals surface area contributed by atoms with Crippen molar-refractivity contribution in [2.24, 2.45) is 0 Å². The molecule has 0 aliphatic rings. The lowest BCUT2D eigenvalue weighted by molar-refractivity contribution is -0.137. The fourth-order valence-electron chi connectivity index (χ4n) is 3.03. The van der Waals surface area contributed by atoms with Crippen molar-refractivity contribution in [3.63, 3.8) is 0 Å². The highest BCUT2D eigenvalue weighted by Crippen LogP contribution is 2.36. The van der Waals surface area contributed by atoms with E-state index in [0.717, 1.165) is 23.8 Å². The van der Waals surface area contributed by atoms with Crippen LogP contribution in [-0.2, 0) is 15.7 Å². The molecule has 1 heterocycles. The molecule has 3 rings (SSSR count). The van der Waals surface area contributed by atoms with Gasteiger partial charge in [-0.1, -0.05) is 29.3 Å². The number of carbonyl (C=O) groups is 2. The standard InChI is InChI=1S/C25H22ClF3N2O4/c1-15-3-5-16(6-4-15)23(32)31-21(24(33)30-11-12-34-2)14-18-8-10-22(35-18)19-13-17(25(27,28)29)7-9-20(19)26/h3-10,13-14H,11-12H2,1-2H3,(H,30,33)(H,31,32). The highest BCUT2D eigenvalue weighted by molar-refractivity contribution is 6.33. The van der Waals surface area contributed by atoms with E-state index >= 15 is 0 Å². The molecule has 0 saturated carbocycles. The van der Waals surface area contributed by atoms with E-state index in [1.54, 1.807) is 24.3 Å². The summed E-state index contributed by atoms with van der Waals surface area (Å²) >= 11 is 6.09. The van der Waals surface area contributed by atoms with Crippen LogP contribution in [0.1, 0.15) is 27.2 Å². The Labute approximate surface area is 204 Å². The van der Waals surface area contributed by atoms with Gasteiger partial charge in [0.15, 0.2) is 0 Å². The van der Waals surface area contributed by atoms with Crippen molar-refractivity contribution in [2.45, 2.75) is 13.1 Å². The van der Waals surface area contributed by atoms with Crippen LogP contribution in [-0.4, -0.2) is 32.1 Å². The molecule has 184 valence electrons. The van der Waals surface area contributed by atoms with Gasteiger partial charge in [0.2, 0.25) is 0 Å². The van der Waals surface area contributed by atoms with Crippen molar-refractivity contribution in [3.8, 4) is 11.3 Å². The van der Waals surface area contributed by atoms with Crippen molar-refractivity contribution in [1.29, 1.82) is 0 Å². The number of ether oxygens (including phenoxy) is 1. The Morgan fingerprint density at radius 3 is 2.46 bits per heavy atom. The number of aryl methyl sites for hydroxylation is 1. The maximum absolute atomic E-state index is 13.1. The Kier molecular flexibility index (Phi) is 8.37. The molecule has 0 aliphatic heterocycles. The Hall–Kier alpha value is -3.56. The van der Waals surface area contributed by atoms with Crippen molar-refractivity contribution in [3.05, 3.63) is 87.8 Å². The van der Waals surface area contributed by atoms with Gasteiger partial charge in [0.05, 0.1) is 17.2 Å². The van der Waals surface area contributed by atoms with Crippen LogP contribution in [0.25, 0.3) is 17.4 Å². The van der Waals surface area contributed by atoms with E-state index < -0.39 is 23.6 Å². The fraction of sp³-hybridized carbons (Fsp3) is 0.200. The van der Waals surface area contributed by atoms with Crippen LogP contribution < -0.4 is 10.6 Å². The molecular formula is C25H22ClF3N2O4. The number of methoxy groups -OCH3 is 1. The molecule has 2 amide bonds. The molecule has 0 saturated heterocycles. The molecule has 2 aromatic carbocycles. The quantitative estimate of drug-likeness (QED) is 0.314. The van der Waals surface area contributed by atoms with E-state index in [4.69, 9.17) is 20.8 Å². The number of benzene rings is 2. The average Bonchev–Trinajstić information content (AvgIpc) is 3.27. The van der Waals surface area contributed by atoms with Crippen LogP contribution in [0.3, 0.4) is 0 Å². The number of hydrogen-bond donors (Lipinski definition) is 2. The van der Waals surface area contributed by atoms with Gasteiger partial charge >= 0.3 is 6.18 Å². The number of halogens is 4. The zero-order valence-electron chi connectivity index (χ0n) is 18.8. The molecule has 0 spiro atoms. The molecule has 3 aromatic rings. The monoisotopic (exact) mass is 506 g/mol. The minimum atomic E-state index is -4.55. The maximum Gasteiger partial charge on any atom is 0.416 e. The third-order valence-corrected chi connectivity index (χ3v) is 5.20. The molecule has 1 aromatic heterocycles. The number of nitrogens with one attached hydrogen (secondary N) is 2. The van der Waals surface area contributed by atoms with E-state index in [0.29, 0.717) is 5.56 Å². The first-order chi connectivity index (χ1) is 16.6. The molecule has 0 aliphatic carbocycles. The second kappa shape index (κ2) is 11.2. The van der Waals surface area contributed by atoms with E-state index in [9.17, 15) is 22.8 Å². The SMILES string of the molecule is COCCNC(=O)C(=Cc1ccc(-c2cc(C(F)(F)F)ccc2Cl)o1)NC(=O)c1ccc(C)cc1. The number of amides is 2. The van der Waals surface area contributed by atoms with E-state index in [-0.39, 0.29) is 41.0 Å². The summed E-state index contributed by atoms with van der Waals surface area (Å²) in [4.78, 5) is 25.4. The number of hydrogen-bond acceptors (Lipinski definition) is 4. The minimum absolute atomic E-state index is 0.0379. The largest absolute Gasteiger partial charge is 0.457 e. The van der Waals surface area contributed by atoms with Gasteiger partial charge in [0.25, 0.3) is 11.8 Å². The van der Waals surface area contributed by atoms with Gasteiger partial charge in [-0.25, -0.2) is 0 Å². The van der Waals surface area contributed by atoms with Crippen LogP contribution in [0.5, 0.6) is 0 Å². The summed E-state index contributed by atoms with van der Waals surface area (Å²) in [5.41, 5.74) is 0.334. The normalized spacial score (nSPS) is 11.9. The lowest BCUT2D eigenvalue weighted by Crippen LogP contribution is -2.36. The number of carbonyl (C=O) groups excluding carboxylic acids is 2. The van der Waals surface area contributed by atoms with Gasteiger partial charge in [-0.05, 0) is 49.4 Å². The predicted molar refractivity (Wildman–Crippen MR) is 126 cm³/mol. The van der Waals surface area contributed by atoms with Gasteiger partial charge < -0.3 is 19.8 Å². The van der Waals surface area contributed by atoms with E-state index in [1.807, 2.05) is 6.92 Å². The second-order valence-electron chi connectivity index (χ2n) is 7.52. The summed E-state index contributed by atoms with van der Waals surface area (Å²) in [6.07, 6.45) is -3.28. The fourth-order valence-corrected chi connectivity index (χ4v) is 3.24. The zero-order valence-corrected chi connectivity index (χ0v) is 19.6. The Morgan fingerprint density at radius 1 is 1.09 bits per heavy atom. The smallest absolute Gasteiger partial charge is 0.416 e. The molecular weight excluding hydrogens is 485 g/mol. The lowest BCUT2D eigenvalue weighted by Gasteiger charge is -2.11. The maximum atomic E-state index is 13.1. The summed E-state index contributed by atoms with van der Waals surface area (Å²) in [7, 11) is 1.48. The Balaban J connectivity index is 1.91. The second-order valence-corrected chi connectivity index (χ2v) is 7.93. The highest BCUT2D eigenvalue weighted by atomic mass is 35.5. The third kappa shape index (κ3) is 6.97. The van der Waals surface area contributed by atoms with Crippen LogP contribution in [0, 0.1) is 6.92 Å². The van der Waals surface area contributed by atoms with Gasteiger partial charge in [-0.2, -0.15) is 13.2 Å². The summed E-state index contributed by atoms with van der Waals surface area (Å²) < 4.78 is 49.9. The molecule has 0 atom stereocenters. The minimum Gasteiger partial charge on any atom is -0.457 e. The van der Waals surface area contributed by atoms with Gasteiger partial charge in [-0.15, -0.1) is 0 Å². The van der Waals surface area contributed by atoms with E-state index in [1.165, 1.54) is 25.3 Å². The van der Waals surface area contributed by atoms with Gasteiger partial charge in [0, 0.05) is 30.9 Å². The summed E-state index contributed by atoms with van der Waals surface area (Å²) in [6, 6.07) is 12.5. The van der Waals surface area contributed by atoms with Gasteiger partial charge in [-0.3, -0.25) is 9.59 Å². The summed E-state index contributed by atoms with van der Waals surface area (Å²) in [6.45, 7) is 2.32. The van der Waals surface area contributed by atoms with Crippen molar-refractivity contribution < 1.29 is 31.9 Å². The van der Waals surface area contributed by atoms with Crippen LogP contribution in [0.2, 0.25) is 5.02 Å². The molecule has 0 unspecified atom stereocenters. The first kappa shape index (κ1) is 26.1. The third-order valence-electron chi connectivity index (χ3n) is 4.87. The molecule has 6 nitrogen and oxygen atoms in total. The first-order valence-corrected chi connectivity index (χ1v) is 10.8. The number of alkyl halides is 3. The Bertz CT molecular complexity index is 1230. The molecule has 0 bridgehead atoms.